The van der Waals surface area contributed by atoms with Crippen LogP contribution in [0.15, 0.2) is 79.0 Å². The first-order chi connectivity index (χ1) is 18.6. The summed E-state index contributed by atoms with van der Waals surface area (Å²) in [5, 5.41) is 1.15. The molecule has 5 rings (SSSR count). The number of hydrogen-bond acceptors (Lipinski definition) is 5. The summed E-state index contributed by atoms with van der Waals surface area (Å²) < 4.78 is 16.0. The first-order valence-electron chi connectivity index (χ1n) is 12.7. The molecule has 0 fully saturated rings. The predicted octanol–water partition coefficient (Wildman–Crippen LogP) is 4.26. The second kappa shape index (κ2) is 11.8. The molecule has 1 aromatic heterocycles. The van der Waals surface area contributed by atoms with Gasteiger partial charge >= 0.3 is 0 Å². The molecule has 8 heteroatoms. The van der Waals surface area contributed by atoms with Gasteiger partial charge in [0, 0.05) is 49.4 Å². The third-order valence-electron chi connectivity index (χ3n) is 6.69. The molecule has 2 amide bonds. The number of hydrogen-bond donors (Lipinski definition) is 1. The fourth-order valence-corrected chi connectivity index (χ4v) is 4.62. The Morgan fingerprint density at radius 3 is 2.55 bits per heavy atom. The van der Waals surface area contributed by atoms with Gasteiger partial charge in [-0.05, 0) is 41.8 Å². The molecule has 0 spiro atoms. The third kappa shape index (κ3) is 5.81. The lowest BCUT2D eigenvalue weighted by atomic mass is 10.1. The summed E-state index contributed by atoms with van der Waals surface area (Å²) in [6.07, 6.45) is 2.70. The van der Waals surface area contributed by atoms with Crippen LogP contribution in [0.4, 0.5) is 0 Å². The first kappa shape index (κ1) is 25.4. The maximum absolute atomic E-state index is 13.7. The van der Waals surface area contributed by atoms with Gasteiger partial charge in [-0.25, -0.2) is 0 Å². The molecule has 0 saturated carbocycles. The van der Waals surface area contributed by atoms with Gasteiger partial charge in [-0.2, -0.15) is 0 Å². The van der Waals surface area contributed by atoms with E-state index in [4.69, 9.17) is 14.2 Å². The zero-order valence-corrected chi connectivity index (χ0v) is 21.4. The molecule has 1 N–H and O–H groups in total. The van der Waals surface area contributed by atoms with Crippen LogP contribution >= 0.6 is 0 Å². The van der Waals surface area contributed by atoms with Crippen molar-refractivity contribution in [1.82, 2.24) is 14.8 Å². The number of ether oxygens (including phenoxy) is 3. The van der Waals surface area contributed by atoms with Crippen LogP contribution in [-0.2, 0) is 22.5 Å². The molecular formula is C30H31N3O5. The van der Waals surface area contributed by atoms with E-state index < -0.39 is 0 Å². The van der Waals surface area contributed by atoms with Crippen molar-refractivity contribution in [2.24, 2.45) is 0 Å². The van der Waals surface area contributed by atoms with Crippen LogP contribution in [0, 0.1) is 0 Å². The molecule has 0 aliphatic carbocycles. The second-order valence-corrected chi connectivity index (χ2v) is 9.20. The highest BCUT2D eigenvalue weighted by Gasteiger charge is 2.24. The summed E-state index contributed by atoms with van der Waals surface area (Å²) in [6.45, 7) is 1.65. The minimum Gasteiger partial charge on any atom is -0.454 e. The molecule has 1 aliphatic rings. The molecular weight excluding hydrogens is 482 g/mol. The van der Waals surface area contributed by atoms with Crippen molar-refractivity contribution in [3.05, 3.63) is 95.7 Å². The number of H-pyrrole nitrogens is 1. The van der Waals surface area contributed by atoms with Gasteiger partial charge in [0.25, 0.3) is 5.91 Å². The summed E-state index contributed by atoms with van der Waals surface area (Å²) in [5.41, 5.74) is 3.69. The van der Waals surface area contributed by atoms with Gasteiger partial charge in [-0.3, -0.25) is 9.59 Å². The van der Waals surface area contributed by atoms with Gasteiger partial charge in [0.1, 0.15) is 6.54 Å². The van der Waals surface area contributed by atoms with Crippen LogP contribution in [-0.4, -0.2) is 66.7 Å². The molecule has 196 valence electrons. The summed E-state index contributed by atoms with van der Waals surface area (Å²) in [5.74, 6) is 0.745. The fourth-order valence-electron chi connectivity index (χ4n) is 4.62. The predicted molar refractivity (Wildman–Crippen MR) is 144 cm³/mol. The van der Waals surface area contributed by atoms with E-state index in [-0.39, 0.29) is 31.7 Å². The van der Waals surface area contributed by atoms with E-state index in [9.17, 15) is 9.59 Å². The molecule has 0 bridgehead atoms. The zero-order valence-electron chi connectivity index (χ0n) is 21.4. The Morgan fingerprint density at radius 2 is 1.71 bits per heavy atom. The quantitative estimate of drug-likeness (QED) is 0.324. The van der Waals surface area contributed by atoms with Gasteiger partial charge in [0.05, 0.1) is 6.61 Å². The molecule has 0 radical (unpaired) electrons. The van der Waals surface area contributed by atoms with E-state index in [0.29, 0.717) is 43.2 Å². The first-order valence-corrected chi connectivity index (χ1v) is 12.7. The number of nitrogens with one attached hydrogen (secondary N) is 1. The number of methoxy groups -OCH3 is 1. The molecule has 38 heavy (non-hydrogen) atoms. The van der Waals surface area contributed by atoms with Gasteiger partial charge in [0.15, 0.2) is 11.5 Å². The van der Waals surface area contributed by atoms with Crippen LogP contribution < -0.4 is 9.47 Å². The number of amides is 2. The van der Waals surface area contributed by atoms with E-state index in [1.165, 1.54) is 4.90 Å². The Balaban J connectivity index is 1.34. The number of nitrogens with zero attached hydrogens (tertiary/aromatic N) is 2. The highest BCUT2D eigenvalue weighted by Crippen LogP contribution is 2.32. The standard InChI is InChI=1S/C30H31N3O5/c1-36-16-15-33(30(35)23-11-12-27-28(17-23)38-21-37-27)20-29(34)32(19-22-7-3-2-4-8-22)14-13-24-18-31-26-10-6-5-9-25(24)26/h2-12,17-18,31H,13-16,19-21H2,1H3. The average molecular weight is 514 g/mol. The number of para-hydroxylation sites is 1. The number of carbonyl (C=O) groups is 2. The lowest BCUT2D eigenvalue weighted by Crippen LogP contribution is -2.44. The maximum atomic E-state index is 13.7. The Kier molecular flexibility index (Phi) is 7.89. The lowest BCUT2D eigenvalue weighted by Gasteiger charge is -2.28. The number of fused-ring (bicyclic) bond motifs is 2. The van der Waals surface area contributed by atoms with Crippen LogP contribution in [0.25, 0.3) is 10.9 Å². The van der Waals surface area contributed by atoms with Gasteiger partial charge in [-0.1, -0.05) is 48.5 Å². The highest BCUT2D eigenvalue weighted by atomic mass is 16.7. The van der Waals surface area contributed by atoms with Crippen molar-refractivity contribution >= 4 is 22.7 Å². The van der Waals surface area contributed by atoms with Crippen LogP contribution in [0.1, 0.15) is 21.5 Å². The fraction of sp³-hybridized carbons (Fsp3) is 0.267. The Bertz CT molecular complexity index is 1400. The van der Waals surface area contributed by atoms with Crippen molar-refractivity contribution in [3.8, 4) is 11.5 Å². The highest BCUT2D eigenvalue weighted by molar-refractivity contribution is 5.97. The average Bonchev–Trinajstić information content (AvgIpc) is 3.60. The molecule has 4 aromatic rings. The van der Waals surface area contributed by atoms with Crippen molar-refractivity contribution in [2.45, 2.75) is 13.0 Å². The van der Waals surface area contributed by atoms with E-state index >= 15 is 0 Å². The Hall–Kier alpha value is -4.30. The SMILES string of the molecule is COCCN(CC(=O)N(CCc1c[nH]c2ccccc12)Cc1ccccc1)C(=O)c1ccc2c(c1)OCO2. The van der Waals surface area contributed by atoms with Crippen molar-refractivity contribution < 1.29 is 23.8 Å². The van der Waals surface area contributed by atoms with Gasteiger partial charge in [-0.15, -0.1) is 0 Å². The number of rotatable bonds is 11. The lowest BCUT2D eigenvalue weighted by molar-refractivity contribution is -0.132. The normalized spacial score (nSPS) is 12.0. The van der Waals surface area contributed by atoms with E-state index in [1.54, 1.807) is 25.3 Å². The number of benzene rings is 3. The molecule has 0 atom stereocenters. The van der Waals surface area contributed by atoms with E-state index in [2.05, 4.69) is 11.1 Å². The number of carbonyl (C=O) groups excluding carboxylic acids is 2. The van der Waals surface area contributed by atoms with Crippen molar-refractivity contribution in [2.75, 3.05) is 40.1 Å². The molecule has 2 heterocycles. The molecule has 0 unspecified atom stereocenters. The summed E-state index contributed by atoms with van der Waals surface area (Å²) in [6, 6.07) is 23.1. The Morgan fingerprint density at radius 1 is 0.921 bits per heavy atom. The molecule has 1 aliphatic heterocycles. The Labute approximate surface area is 221 Å². The maximum Gasteiger partial charge on any atom is 0.254 e. The smallest absolute Gasteiger partial charge is 0.254 e. The summed E-state index contributed by atoms with van der Waals surface area (Å²) in [7, 11) is 1.58. The van der Waals surface area contributed by atoms with E-state index in [1.807, 2.05) is 59.6 Å². The van der Waals surface area contributed by atoms with Gasteiger partial charge < -0.3 is 29.0 Å². The molecule has 0 saturated heterocycles. The second-order valence-electron chi connectivity index (χ2n) is 9.20. The zero-order chi connectivity index (χ0) is 26.3. The topological polar surface area (TPSA) is 84.1 Å². The van der Waals surface area contributed by atoms with Crippen molar-refractivity contribution in [3.63, 3.8) is 0 Å². The van der Waals surface area contributed by atoms with Crippen LogP contribution in [0.5, 0.6) is 11.5 Å². The molecule has 3 aromatic carbocycles. The van der Waals surface area contributed by atoms with Crippen LogP contribution in [0.3, 0.4) is 0 Å². The summed E-state index contributed by atoms with van der Waals surface area (Å²) >= 11 is 0. The molecule has 8 nitrogen and oxygen atoms in total. The summed E-state index contributed by atoms with van der Waals surface area (Å²) in [4.78, 5) is 33.8. The van der Waals surface area contributed by atoms with Crippen molar-refractivity contribution in [1.29, 1.82) is 0 Å². The monoisotopic (exact) mass is 513 g/mol. The number of aromatic amines is 1. The van der Waals surface area contributed by atoms with E-state index in [0.717, 1.165) is 22.0 Å². The number of aromatic nitrogens is 1. The minimum atomic E-state index is -0.259. The largest absolute Gasteiger partial charge is 0.454 e. The minimum absolute atomic E-state index is 0.0582. The van der Waals surface area contributed by atoms with Gasteiger partial charge in [0.2, 0.25) is 12.7 Å². The third-order valence-corrected chi connectivity index (χ3v) is 6.69. The van der Waals surface area contributed by atoms with Crippen LogP contribution in [0.2, 0.25) is 0 Å².